The first kappa shape index (κ1) is 23.6. The molecule has 0 heterocycles. The van der Waals surface area contributed by atoms with Crippen LogP contribution < -0.4 is 5.32 Å². The Morgan fingerprint density at radius 3 is 2.20 bits per heavy atom. The Labute approximate surface area is 182 Å². The summed E-state index contributed by atoms with van der Waals surface area (Å²) < 4.78 is 4.57. The Morgan fingerprint density at radius 2 is 1.63 bits per heavy atom. The number of carbonyl (C=O) groups excluding carboxylic acids is 3. The zero-order valence-corrected chi connectivity index (χ0v) is 18.2. The van der Waals surface area contributed by atoms with Gasteiger partial charge in [0.2, 0.25) is 0 Å². The summed E-state index contributed by atoms with van der Waals surface area (Å²) in [6.07, 6.45) is 3.41. The van der Waals surface area contributed by atoms with E-state index >= 15 is 0 Å². The van der Waals surface area contributed by atoms with Crippen LogP contribution in [-0.4, -0.2) is 31.8 Å². The number of hydrogen-bond acceptors (Lipinski definition) is 4. The minimum absolute atomic E-state index is 0.0412. The van der Waals surface area contributed by atoms with Gasteiger partial charge in [0.15, 0.2) is 0 Å². The summed E-state index contributed by atoms with van der Waals surface area (Å²) in [5, 5.41) is 3.38. The maximum atomic E-state index is 12.3. The van der Waals surface area contributed by atoms with E-state index in [4.69, 9.17) is 11.6 Å². The van der Waals surface area contributed by atoms with Crippen LogP contribution >= 0.6 is 11.6 Å². The minimum Gasteiger partial charge on any atom is -0.469 e. The van der Waals surface area contributed by atoms with E-state index in [-0.39, 0.29) is 36.7 Å². The number of rotatable bonds is 11. The molecule has 2 atom stereocenters. The molecule has 0 fully saturated rings. The van der Waals surface area contributed by atoms with E-state index in [2.05, 4.69) is 17.0 Å². The number of methoxy groups -OCH3 is 1. The number of halogens is 1. The van der Waals surface area contributed by atoms with Crippen LogP contribution in [0, 0.1) is 0 Å². The number of aldehydes is 1. The Bertz CT molecular complexity index is 833. The first-order chi connectivity index (χ1) is 14.5. The van der Waals surface area contributed by atoms with Crippen LogP contribution in [0.25, 0.3) is 0 Å². The Balaban J connectivity index is 2.18. The highest BCUT2D eigenvalue weighted by Crippen LogP contribution is 2.39. The second kappa shape index (κ2) is 12.1. The molecule has 0 aliphatic rings. The van der Waals surface area contributed by atoms with Gasteiger partial charge >= 0.3 is 5.97 Å². The molecule has 2 aromatic rings. The lowest BCUT2D eigenvalue weighted by Gasteiger charge is -2.27. The Kier molecular flexibility index (Phi) is 9.55. The van der Waals surface area contributed by atoms with Gasteiger partial charge in [0.1, 0.15) is 6.29 Å². The molecule has 6 heteroatoms. The molecule has 0 radical (unpaired) electrons. The lowest BCUT2D eigenvalue weighted by atomic mass is 9.77. The fraction of sp³-hybridized carbons (Fsp3) is 0.375. The molecule has 2 unspecified atom stereocenters. The summed E-state index contributed by atoms with van der Waals surface area (Å²) in [6, 6.07) is 15.1. The lowest BCUT2D eigenvalue weighted by molar-refractivity contribution is -0.140. The minimum atomic E-state index is -0.364. The monoisotopic (exact) mass is 429 g/mol. The SMILES string of the molecule is CCCC(c1ccc(C(=O)NCCC(=O)OC)cc1)C(CC=O)c1ccc(Cl)cc1. The van der Waals surface area contributed by atoms with Crippen LogP contribution in [0.2, 0.25) is 5.02 Å². The van der Waals surface area contributed by atoms with Crippen molar-refractivity contribution in [1.29, 1.82) is 0 Å². The van der Waals surface area contributed by atoms with Gasteiger partial charge in [-0.25, -0.2) is 0 Å². The van der Waals surface area contributed by atoms with Crippen LogP contribution in [0.4, 0.5) is 0 Å². The highest BCUT2D eigenvalue weighted by atomic mass is 35.5. The zero-order chi connectivity index (χ0) is 21.9. The quantitative estimate of drug-likeness (QED) is 0.407. The summed E-state index contributed by atoms with van der Waals surface area (Å²) in [4.78, 5) is 34.8. The van der Waals surface area contributed by atoms with E-state index in [9.17, 15) is 14.4 Å². The Morgan fingerprint density at radius 1 is 1.03 bits per heavy atom. The second-order valence-electron chi connectivity index (χ2n) is 7.16. The van der Waals surface area contributed by atoms with Gasteiger partial charge in [0, 0.05) is 23.6 Å². The van der Waals surface area contributed by atoms with Crippen molar-refractivity contribution in [2.45, 2.75) is 44.4 Å². The number of amides is 1. The largest absolute Gasteiger partial charge is 0.469 e. The molecule has 2 aromatic carbocycles. The first-order valence-electron chi connectivity index (χ1n) is 10.1. The molecule has 0 aliphatic carbocycles. The third-order valence-corrected chi connectivity index (χ3v) is 5.43. The Hall–Kier alpha value is -2.66. The van der Waals surface area contributed by atoms with Crippen molar-refractivity contribution >= 4 is 29.8 Å². The average molecular weight is 430 g/mol. The van der Waals surface area contributed by atoms with Gasteiger partial charge < -0.3 is 14.8 Å². The molecule has 30 heavy (non-hydrogen) atoms. The number of ether oxygens (including phenoxy) is 1. The van der Waals surface area contributed by atoms with Gasteiger partial charge in [0.05, 0.1) is 13.5 Å². The fourth-order valence-electron chi connectivity index (χ4n) is 3.62. The standard InChI is InChI=1S/C24H28ClNO4/c1-3-4-21(22(14-16-27)18-9-11-20(25)12-10-18)17-5-7-19(8-6-17)24(29)26-15-13-23(28)30-2/h5-12,16,21-22H,3-4,13-15H2,1-2H3,(H,26,29). The van der Waals surface area contributed by atoms with E-state index in [0.29, 0.717) is 17.0 Å². The number of hydrogen-bond donors (Lipinski definition) is 1. The van der Waals surface area contributed by atoms with Crippen LogP contribution in [0.3, 0.4) is 0 Å². The molecule has 0 saturated heterocycles. The molecule has 0 spiro atoms. The maximum absolute atomic E-state index is 12.3. The highest BCUT2D eigenvalue weighted by Gasteiger charge is 2.24. The predicted octanol–water partition coefficient (Wildman–Crippen LogP) is 4.89. The molecule has 0 aromatic heterocycles. The summed E-state index contributed by atoms with van der Waals surface area (Å²) >= 11 is 6.03. The molecular weight excluding hydrogens is 402 g/mol. The molecule has 1 amide bonds. The number of nitrogens with one attached hydrogen (secondary N) is 1. The summed E-state index contributed by atoms with van der Waals surface area (Å²) in [7, 11) is 1.32. The molecule has 1 N–H and O–H groups in total. The molecule has 5 nitrogen and oxygen atoms in total. The molecule has 160 valence electrons. The van der Waals surface area contributed by atoms with Crippen molar-refractivity contribution in [2.24, 2.45) is 0 Å². The first-order valence-corrected chi connectivity index (χ1v) is 10.5. The fourth-order valence-corrected chi connectivity index (χ4v) is 3.75. The summed E-state index contributed by atoms with van der Waals surface area (Å²) in [6.45, 7) is 2.35. The normalized spacial score (nSPS) is 12.6. The number of esters is 1. The smallest absolute Gasteiger partial charge is 0.307 e. The number of carbonyl (C=O) groups is 3. The van der Waals surface area contributed by atoms with E-state index < -0.39 is 0 Å². The zero-order valence-electron chi connectivity index (χ0n) is 17.4. The van der Waals surface area contributed by atoms with Crippen LogP contribution in [0.15, 0.2) is 48.5 Å². The summed E-state index contributed by atoms with van der Waals surface area (Å²) in [5.41, 5.74) is 2.69. The average Bonchev–Trinajstić information content (AvgIpc) is 2.76. The lowest BCUT2D eigenvalue weighted by Crippen LogP contribution is -2.26. The molecule has 0 aliphatic heterocycles. The van der Waals surface area contributed by atoms with Crippen molar-refractivity contribution in [3.63, 3.8) is 0 Å². The van der Waals surface area contributed by atoms with Gasteiger partial charge in [0.25, 0.3) is 5.91 Å². The van der Waals surface area contributed by atoms with E-state index in [1.165, 1.54) is 7.11 Å². The van der Waals surface area contributed by atoms with Crippen molar-refractivity contribution in [3.8, 4) is 0 Å². The van der Waals surface area contributed by atoms with Gasteiger partial charge in [-0.2, -0.15) is 0 Å². The van der Waals surface area contributed by atoms with Crippen LogP contribution in [0.1, 0.15) is 65.9 Å². The van der Waals surface area contributed by atoms with Crippen molar-refractivity contribution in [2.75, 3.05) is 13.7 Å². The molecule has 0 bridgehead atoms. The third kappa shape index (κ3) is 6.70. The van der Waals surface area contributed by atoms with Gasteiger partial charge in [-0.3, -0.25) is 9.59 Å². The molecular formula is C24H28ClNO4. The van der Waals surface area contributed by atoms with Crippen molar-refractivity contribution in [1.82, 2.24) is 5.32 Å². The van der Waals surface area contributed by atoms with Gasteiger partial charge in [-0.05, 0) is 53.6 Å². The van der Waals surface area contributed by atoms with E-state index in [1.807, 2.05) is 36.4 Å². The summed E-state index contributed by atoms with van der Waals surface area (Å²) in [5.74, 6) is -0.409. The topological polar surface area (TPSA) is 72.5 Å². The van der Waals surface area contributed by atoms with E-state index in [1.54, 1.807) is 12.1 Å². The predicted molar refractivity (Wildman–Crippen MR) is 118 cm³/mol. The van der Waals surface area contributed by atoms with Crippen LogP contribution in [-0.2, 0) is 14.3 Å². The van der Waals surface area contributed by atoms with Crippen LogP contribution in [0.5, 0.6) is 0 Å². The maximum Gasteiger partial charge on any atom is 0.307 e. The van der Waals surface area contributed by atoms with E-state index in [0.717, 1.165) is 30.3 Å². The molecule has 0 saturated carbocycles. The van der Waals surface area contributed by atoms with Gasteiger partial charge in [-0.1, -0.05) is 49.2 Å². The van der Waals surface area contributed by atoms with Crippen molar-refractivity contribution < 1.29 is 19.1 Å². The van der Waals surface area contributed by atoms with Gasteiger partial charge in [-0.15, -0.1) is 0 Å². The highest BCUT2D eigenvalue weighted by molar-refractivity contribution is 6.30. The number of benzene rings is 2. The molecule has 2 rings (SSSR count). The second-order valence-corrected chi connectivity index (χ2v) is 7.60. The van der Waals surface area contributed by atoms with Crippen molar-refractivity contribution in [3.05, 3.63) is 70.2 Å². The third-order valence-electron chi connectivity index (χ3n) is 5.18.